The predicted octanol–water partition coefficient (Wildman–Crippen LogP) is 3.45. The Morgan fingerprint density at radius 3 is 2.68 bits per heavy atom. The monoisotopic (exact) mass is 398 g/mol. The van der Waals surface area contributed by atoms with Gasteiger partial charge < -0.3 is 10.6 Å². The first-order valence-electron chi connectivity index (χ1n) is 9.84. The van der Waals surface area contributed by atoms with Crippen molar-refractivity contribution in [2.75, 3.05) is 5.32 Å². The van der Waals surface area contributed by atoms with Gasteiger partial charge in [0.05, 0.1) is 5.39 Å². The Morgan fingerprint density at radius 1 is 1.25 bits per heavy atom. The molecule has 0 unspecified atom stereocenters. The van der Waals surface area contributed by atoms with Crippen LogP contribution in [0.25, 0.3) is 10.2 Å². The van der Waals surface area contributed by atoms with Crippen LogP contribution in [0.1, 0.15) is 53.5 Å². The molecular weight excluding hydrogens is 372 g/mol. The summed E-state index contributed by atoms with van der Waals surface area (Å²) in [6, 6.07) is 2.77. The second-order valence-electron chi connectivity index (χ2n) is 7.51. The molecule has 1 amide bonds. The van der Waals surface area contributed by atoms with E-state index >= 15 is 0 Å². The molecule has 0 aromatic carbocycles. The van der Waals surface area contributed by atoms with E-state index in [0.29, 0.717) is 11.7 Å². The van der Waals surface area contributed by atoms with Crippen molar-refractivity contribution in [1.29, 1.82) is 0 Å². The van der Waals surface area contributed by atoms with E-state index in [0.717, 1.165) is 53.7 Å². The minimum Gasteiger partial charge on any atom is -0.367 e. The maximum Gasteiger partial charge on any atom is 0.272 e. The van der Waals surface area contributed by atoms with Crippen LogP contribution in [-0.4, -0.2) is 37.7 Å². The van der Waals surface area contributed by atoms with Crippen LogP contribution in [0.3, 0.4) is 0 Å². The lowest BCUT2D eigenvalue weighted by molar-refractivity contribution is 0.0920. The summed E-state index contributed by atoms with van der Waals surface area (Å²) in [5.41, 5.74) is 1.43. The fraction of sp³-hybridized carbons (Fsp3) is 0.500. The van der Waals surface area contributed by atoms with Crippen molar-refractivity contribution in [2.45, 2.75) is 58.0 Å². The highest BCUT2D eigenvalue weighted by atomic mass is 32.1. The number of carbonyl (C=O) groups is 1. The highest BCUT2D eigenvalue weighted by Gasteiger charge is 2.25. The molecule has 1 saturated carbocycles. The van der Waals surface area contributed by atoms with Crippen LogP contribution in [-0.2, 0) is 13.5 Å². The van der Waals surface area contributed by atoms with E-state index in [1.807, 2.05) is 20.2 Å². The summed E-state index contributed by atoms with van der Waals surface area (Å²) in [4.78, 5) is 23.7. The third-order valence-electron chi connectivity index (χ3n) is 5.36. The molecular formula is C20H26N6OS. The molecule has 3 heterocycles. The number of amides is 1. The van der Waals surface area contributed by atoms with Crippen LogP contribution in [0.15, 0.2) is 18.6 Å². The topological polar surface area (TPSA) is 84.7 Å². The molecule has 2 N–H and O–H groups in total. The minimum absolute atomic E-state index is 0.0719. The van der Waals surface area contributed by atoms with Crippen molar-refractivity contribution in [1.82, 2.24) is 25.1 Å². The van der Waals surface area contributed by atoms with Crippen LogP contribution in [0.4, 0.5) is 5.82 Å². The van der Waals surface area contributed by atoms with Gasteiger partial charge in [0.15, 0.2) is 5.69 Å². The second kappa shape index (κ2) is 7.87. The molecule has 1 fully saturated rings. The van der Waals surface area contributed by atoms with E-state index in [2.05, 4.69) is 38.7 Å². The number of aryl methyl sites for hydroxylation is 3. The molecule has 1 aliphatic carbocycles. The number of thiophene rings is 1. The van der Waals surface area contributed by atoms with Crippen LogP contribution in [0.2, 0.25) is 0 Å². The van der Waals surface area contributed by atoms with Crippen molar-refractivity contribution in [2.24, 2.45) is 7.05 Å². The van der Waals surface area contributed by atoms with Crippen molar-refractivity contribution in [3.63, 3.8) is 0 Å². The Hall–Kier alpha value is -2.48. The summed E-state index contributed by atoms with van der Waals surface area (Å²) in [6.07, 6.45) is 8.43. The highest BCUT2D eigenvalue weighted by Crippen LogP contribution is 2.30. The molecule has 8 heteroatoms. The van der Waals surface area contributed by atoms with Gasteiger partial charge >= 0.3 is 0 Å². The molecule has 3 aromatic heterocycles. The van der Waals surface area contributed by atoms with E-state index in [9.17, 15) is 4.79 Å². The average molecular weight is 399 g/mol. The second-order valence-corrected chi connectivity index (χ2v) is 8.62. The number of carbonyl (C=O) groups excluding carboxylic acids is 1. The van der Waals surface area contributed by atoms with Crippen molar-refractivity contribution >= 4 is 33.3 Å². The number of anilines is 1. The number of hydrogen-bond donors (Lipinski definition) is 2. The van der Waals surface area contributed by atoms with Gasteiger partial charge in [-0.15, -0.1) is 11.3 Å². The first-order chi connectivity index (χ1) is 13.5. The fourth-order valence-corrected chi connectivity index (χ4v) is 4.79. The largest absolute Gasteiger partial charge is 0.367 e. The van der Waals surface area contributed by atoms with Gasteiger partial charge in [0, 0.05) is 35.8 Å². The molecule has 0 atom stereocenters. The molecule has 0 bridgehead atoms. The molecule has 1 aliphatic rings. The third kappa shape index (κ3) is 3.87. The summed E-state index contributed by atoms with van der Waals surface area (Å²) in [5, 5.41) is 12.1. The normalized spacial score (nSPS) is 19.7. The maximum absolute atomic E-state index is 12.5. The zero-order valence-electron chi connectivity index (χ0n) is 16.5. The zero-order valence-corrected chi connectivity index (χ0v) is 17.3. The van der Waals surface area contributed by atoms with E-state index < -0.39 is 0 Å². The molecule has 4 rings (SSSR count). The number of fused-ring (bicyclic) bond motifs is 1. The van der Waals surface area contributed by atoms with Crippen molar-refractivity contribution in [3.05, 3.63) is 34.7 Å². The number of hydrogen-bond acceptors (Lipinski definition) is 6. The smallest absolute Gasteiger partial charge is 0.272 e. The Kier molecular flexibility index (Phi) is 5.30. The zero-order chi connectivity index (χ0) is 19.7. The van der Waals surface area contributed by atoms with Gasteiger partial charge in [0.25, 0.3) is 5.91 Å². The molecule has 3 aromatic rings. The summed E-state index contributed by atoms with van der Waals surface area (Å²) in [7, 11) is 1.84. The number of nitrogens with one attached hydrogen (secondary N) is 2. The summed E-state index contributed by atoms with van der Waals surface area (Å²) in [5.74, 6) is 0.856. The highest BCUT2D eigenvalue weighted by molar-refractivity contribution is 7.18. The Morgan fingerprint density at radius 2 is 2.00 bits per heavy atom. The fourth-order valence-electron chi connectivity index (χ4n) is 3.86. The van der Waals surface area contributed by atoms with Gasteiger partial charge in [-0.05, 0) is 45.1 Å². The standard InChI is InChI=1S/C20H26N6OS/c1-4-15-9-16-18(21-11-22-20(16)28-15)23-13-5-7-14(8-6-13)24-19(27)17-12(2)10-26(3)25-17/h9-11,13-14H,4-8H2,1-3H3,(H,24,27)(H,21,22,23). The van der Waals surface area contributed by atoms with Gasteiger partial charge in [-0.1, -0.05) is 6.92 Å². The number of aromatic nitrogens is 4. The lowest BCUT2D eigenvalue weighted by Gasteiger charge is -2.30. The molecule has 28 heavy (non-hydrogen) atoms. The minimum atomic E-state index is -0.0719. The van der Waals surface area contributed by atoms with Crippen molar-refractivity contribution < 1.29 is 4.79 Å². The summed E-state index contributed by atoms with van der Waals surface area (Å²) < 4.78 is 1.68. The molecule has 0 radical (unpaired) electrons. The van der Waals surface area contributed by atoms with Gasteiger partial charge in [-0.2, -0.15) is 5.10 Å². The Balaban J connectivity index is 1.35. The van der Waals surface area contributed by atoms with Crippen LogP contribution >= 0.6 is 11.3 Å². The molecule has 148 valence electrons. The van der Waals surface area contributed by atoms with Gasteiger partial charge in [0.2, 0.25) is 0 Å². The van der Waals surface area contributed by atoms with Crippen molar-refractivity contribution in [3.8, 4) is 0 Å². The van der Waals surface area contributed by atoms with Crippen LogP contribution in [0, 0.1) is 6.92 Å². The molecule has 0 saturated heterocycles. The summed E-state index contributed by atoms with van der Waals surface area (Å²) >= 11 is 1.74. The first-order valence-corrected chi connectivity index (χ1v) is 10.7. The first kappa shape index (κ1) is 18.9. The van der Waals surface area contributed by atoms with E-state index in [-0.39, 0.29) is 11.9 Å². The molecule has 0 spiro atoms. The Labute approximate surface area is 168 Å². The third-order valence-corrected chi connectivity index (χ3v) is 6.55. The average Bonchev–Trinajstić information content (AvgIpc) is 3.26. The molecule has 0 aliphatic heterocycles. The van der Waals surface area contributed by atoms with Crippen LogP contribution in [0.5, 0.6) is 0 Å². The van der Waals surface area contributed by atoms with Gasteiger partial charge in [-0.3, -0.25) is 9.48 Å². The SMILES string of the molecule is CCc1cc2c(NC3CCC(NC(=O)c4nn(C)cc4C)CC3)ncnc2s1. The predicted molar refractivity (Wildman–Crippen MR) is 112 cm³/mol. The van der Waals surface area contributed by atoms with Crippen LogP contribution < -0.4 is 10.6 Å². The number of rotatable bonds is 5. The maximum atomic E-state index is 12.5. The lowest BCUT2D eigenvalue weighted by atomic mass is 9.91. The van der Waals surface area contributed by atoms with E-state index in [4.69, 9.17) is 0 Å². The molecule has 7 nitrogen and oxygen atoms in total. The van der Waals surface area contributed by atoms with E-state index in [1.165, 1.54) is 4.88 Å². The summed E-state index contributed by atoms with van der Waals surface area (Å²) in [6.45, 7) is 4.08. The van der Waals surface area contributed by atoms with Gasteiger partial charge in [0.1, 0.15) is 17.0 Å². The number of nitrogens with zero attached hydrogens (tertiary/aromatic N) is 4. The lowest BCUT2D eigenvalue weighted by Crippen LogP contribution is -2.40. The Bertz CT molecular complexity index is 986. The van der Waals surface area contributed by atoms with Gasteiger partial charge in [-0.25, -0.2) is 9.97 Å². The quantitative estimate of drug-likeness (QED) is 0.688. The van der Waals surface area contributed by atoms with E-state index in [1.54, 1.807) is 22.3 Å².